The fraction of sp³-hybridized carbons (Fsp3) is 0.650. The molecule has 32 heavy (non-hydrogen) atoms. The van der Waals surface area contributed by atoms with E-state index in [1.807, 2.05) is 0 Å². The van der Waals surface area contributed by atoms with Crippen molar-refractivity contribution in [3.63, 3.8) is 0 Å². The minimum atomic E-state index is -4.08. The molecule has 2 aromatic heterocycles. The van der Waals surface area contributed by atoms with Gasteiger partial charge in [-0.15, -0.1) is 0 Å². The molecule has 1 amide bonds. The molecule has 176 valence electrons. The van der Waals surface area contributed by atoms with Gasteiger partial charge in [0, 0.05) is 51.4 Å². The van der Waals surface area contributed by atoms with Crippen molar-refractivity contribution in [3.05, 3.63) is 23.7 Å². The van der Waals surface area contributed by atoms with E-state index < -0.39 is 28.8 Å². The van der Waals surface area contributed by atoms with Crippen molar-refractivity contribution < 1.29 is 26.7 Å². The van der Waals surface area contributed by atoms with Gasteiger partial charge < -0.3 is 10.1 Å². The van der Waals surface area contributed by atoms with Gasteiger partial charge >= 0.3 is 0 Å². The molecule has 0 saturated carbocycles. The Kier molecular flexibility index (Phi) is 6.21. The number of hydrogen-bond acceptors (Lipinski definition) is 6. The highest BCUT2D eigenvalue weighted by molar-refractivity contribution is 7.89. The second kappa shape index (κ2) is 8.64. The number of hydrogen-bond donors (Lipinski definition) is 1. The fourth-order valence-electron chi connectivity index (χ4n) is 3.96. The molecular weight excluding hydrogens is 444 g/mol. The number of ether oxygens (including phenoxy) is 1. The van der Waals surface area contributed by atoms with Gasteiger partial charge in [0.05, 0.1) is 5.69 Å². The number of carbonyl (C=O) groups is 1. The second-order valence-corrected chi connectivity index (χ2v) is 10.4. The van der Waals surface area contributed by atoms with Crippen molar-refractivity contribution in [1.29, 1.82) is 0 Å². The number of nitrogens with zero attached hydrogens (tertiary/aromatic N) is 4. The number of alkyl halides is 2. The van der Waals surface area contributed by atoms with E-state index in [1.165, 1.54) is 16.7 Å². The Morgan fingerprint density at radius 1 is 1.22 bits per heavy atom. The molecule has 9 nitrogen and oxygen atoms in total. The van der Waals surface area contributed by atoms with E-state index >= 15 is 0 Å². The molecule has 0 aromatic carbocycles. The number of fused-ring (bicyclic) bond motifs is 1. The lowest BCUT2D eigenvalue weighted by Gasteiger charge is -2.31. The Morgan fingerprint density at radius 3 is 2.50 bits per heavy atom. The maximum atomic E-state index is 13.6. The van der Waals surface area contributed by atoms with Crippen molar-refractivity contribution in [2.75, 3.05) is 26.3 Å². The van der Waals surface area contributed by atoms with Crippen LogP contribution in [0, 0.1) is 0 Å². The number of halogens is 2. The SMILES string of the molecule is CC(C)c1nc2nc(C(=O)NC3CCOCC3)ccn2c1S(=O)(=O)N1CCC(F)(F)CC1. The summed E-state index contributed by atoms with van der Waals surface area (Å²) in [5, 5.41) is 2.83. The van der Waals surface area contributed by atoms with Crippen LogP contribution in [0.2, 0.25) is 0 Å². The summed E-state index contributed by atoms with van der Waals surface area (Å²) in [5.74, 6) is -3.40. The van der Waals surface area contributed by atoms with E-state index in [0.717, 1.165) is 4.31 Å². The molecule has 0 aliphatic carbocycles. The lowest BCUT2D eigenvalue weighted by Crippen LogP contribution is -2.43. The minimum Gasteiger partial charge on any atom is -0.381 e. The molecule has 4 rings (SSSR count). The maximum absolute atomic E-state index is 13.6. The highest BCUT2D eigenvalue weighted by Gasteiger charge is 2.41. The minimum absolute atomic E-state index is 0.00610. The zero-order valence-electron chi connectivity index (χ0n) is 18.1. The van der Waals surface area contributed by atoms with E-state index in [9.17, 15) is 22.0 Å². The predicted molar refractivity (Wildman–Crippen MR) is 111 cm³/mol. The van der Waals surface area contributed by atoms with Crippen molar-refractivity contribution in [1.82, 2.24) is 24.0 Å². The Bertz CT molecular complexity index is 1100. The van der Waals surface area contributed by atoms with Crippen LogP contribution >= 0.6 is 0 Å². The summed E-state index contributed by atoms with van der Waals surface area (Å²) in [6, 6.07) is 1.44. The van der Waals surface area contributed by atoms with Crippen LogP contribution in [0.15, 0.2) is 17.3 Å². The van der Waals surface area contributed by atoms with Gasteiger partial charge in [0.25, 0.3) is 21.9 Å². The van der Waals surface area contributed by atoms with Gasteiger partial charge in [0.1, 0.15) is 5.69 Å². The number of sulfonamides is 1. The first-order valence-electron chi connectivity index (χ1n) is 10.7. The Morgan fingerprint density at radius 2 is 1.88 bits per heavy atom. The maximum Gasteiger partial charge on any atom is 0.270 e. The van der Waals surface area contributed by atoms with Gasteiger partial charge in [-0.1, -0.05) is 13.8 Å². The van der Waals surface area contributed by atoms with Gasteiger partial charge in [0.2, 0.25) is 5.78 Å². The Hall–Kier alpha value is -2.18. The first-order valence-corrected chi connectivity index (χ1v) is 12.2. The third kappa shape index (κ3) is 4.48. The number of piperidine rings is 1. The van der Waals surface area contributed by atoms with E-state index in [4.69, 9.17) is 4.74 Å². The number of imidazole rings is 1. The lowest BCUT2D eigenvalue weighted by molar-refractivity contribution is -0.0412. The highest BCUT2D eigenvalue weighted by Crippen LogP contribution is 2.33. The topological polar surface area (TPSA) is 106 Å². The smallest absolute Gasteiger partial charge is 0.270 e. The molecule has 2 aromatic rings. The molecule has 4 heterocycles. The zero-order valence-corrected chi connectivity index (χ0v) is 18.9. The van der Waals surface area contributed by atoms with Gasteiger partial charge in [-0.2, -0.15) is 4.31 Å². The molecule has 0 radical (unpaired) electrons. The average Bonchev–Trinajstić information content (AvgIpc) is 3.14. The standard InChI is InChI=1S/C20H27F2N5O4S/c1-13(2)16-18(32(29,30)26-9-6-20(21,22)7-10-26)27-8-3-15(24-19(27)25-16)17(28)23-14-4-11-31-12-5-14/h3,8,13-14H,4-7,9-12H2,1-2H3,(H,23,28). The summed E-state index contributed by atoms with van der Waals surface area (Å²) >= 11 is 0. The quantitative estimate of drug-likeness (QED) is 0.717. The summed E-state index contributed by atoms with van der Waals surface area (Å²) in [6.07, 6.45) is 1.84. The second-order valence-electron chi connectivity index (χ2n) is 8.56. The van der Waals surface area contributed by atoms with Crippen LogP contribution in [0.4, 0.5) is 8.78 Å². The van der Waals surface area contributed by atoms with Crippen molar-refractivity contribution in [3.8, 4) is 0 Å². The summed E-state index contributed by atoms with van der Waals surface area (Å²) in [5.41, 5.74) is 0.419. The number of carbonyl (C=O) groups excluding carboxylic acids is 1. The van der Waals surface area contributed by atoms with Crippen molar-refractivity contribution in [2.45, 2.75) is 62.4 Å². The molecule has 2 aliphatic heterocycles. The predicted octanol–water partition coefficient (Wildman–Crippen LogP) is 2.18. The molecule has 2 aliphatic rings. The Labute approximate surface area is 185 Å². The average molecular weight is 472 g/mol. The number of rotatable bonds is 5. The van der Waals surface area contributed by atoms with Crippen LogP contribution in [0.1, 0.15) is 61.6 Å². The van der Waals surface area contributed by atoms with Crippen LogP contribution in [0.25, 0.3) is 5.78 Å². The van der Waals surface area contributed by atoms with Gasteiger partial charge in [-0.05, 0) is 24.8 Å². The lowest BCUT2D eigenvalue weighted by atomic mass is 10.1. The number of aromatic nitrogens is 3. The third-order valence-corrected chi connectivity index (χ3v) is 7.79. The highest BCUT2D eigenvalue weighted by atomic mass is 32.2. The summed E-state index contributed by atoms with van der Waals surface area (Å²) in [4.78, 5) is 21.3. The molecule has 12 heteroatoms. The summed E-state index contributed by atoms with van der Waals surface area (Å²) in [6.45, 7) is 4.23. The largest absolute Gasteiger partial charge is 0.381 e. The van der Waals surface area contributed by atoms with E-state index in [1.54, 1.807) is 13.8 Å². The van der Waals surface area contributed by atoms with Gasteiger partial charge in [-0.25, -0.2) is 27.2 Å². The van der Waals surface area contributed by atoms with Gasteiger partial charge in [0.15, 0.2) is 5.03 Å². The van der Waals surface area contributed by atoms with Gasteiger partial charge in [-0.3, -0.25) is 9.20 Å². The summed E-state index contributed by atoms with van der Waals surface area (Å²) in [7, 11) is -4.08. The molecule has 0 spiro atoms. The molecular formula is C20H27F2N5O4S. The van der Waals surface area contributed by atoms with E-state index in [0.29, 0.717) is 26.1 Å². The van der Waals surface area contributed by atoms with Crippen LogP contribution in [0.3, 0.4) is 0 Å². The van der Waals surface area contributed by atoms with Crippen LogP contribution in [-0.2, 0) is 14.8 Å². The zero-order chi connectivity index (χ0) is 23.1. The Balaban J connectivity index is 1.67. The molecule has 0 bridgehead atoms. The van der Waals surface area contributed by atoms with Crippen LogP contribution in [-0.4, -0.2) is 71.3 Å². The number of amides is 1. The third-order valence-electron chi connectivity index (χ3n) is 5.85. The monoisotopic (exact) mass is 471 g/mol. The fourth-order valence-corrected chi connectivity index (χ4v) is 5.81. The van der Waals surface area contributed by atoms with E-state index in [2.05, 4.69) is 15.3 Å². The molecule has 2 fully saturated rings. The van der Waals surface area contributed by atoms with Crippen LogP contribution < -0.4 is 5.32 Å². The van der Waals surface area contributed by atoms with Crippen molar-refractivity contribution in [2.24, 2.45) is 0 Å². The van der Waals surface area contributed by atoms with E-state index in [-0.39, 0.29) is 53.1 Å². The first-order chi connectivity index (χ1) is 15.1. The number of nitrogens with one attached hydrogen (secondary N) is 1. The first kappa shape index (κ1) is 23.0. The normalized spacial score (nSPS) is 20.7. The molecule has 0 unspecified atom stereocenters. The van der Waals surface area contributed by atoms with Crippen LogP contribution in [0.5, 0.6) is 0 Å². The molecule has 0 atom stereocenters. The van der Waals surface area contributed by atoms with Crippen molar-refractivity contribution >= 4 is 21.7 Å². The molecule has 1 N–H and O–H groups in total. The summed E-state index contributed by atoms with van der Waals surface area (Å²) < 4.78 is 61.6. The molecule has 2 saturated heterocycles.